The minimum Gasteiger partial charge on any atom is -0.504 e. The highest BCUT2D eigenvalue weighted by Gasteiger charge is 2.24. The second kappa shape index (κ2) is 5.35. The molecule has 0 aliphatic carbocycles. The standard InChI is InChI=1S/C12H18N2O3/c15-8-10(14-6-4-13-5-7-14)9-2-1-3-11(16)12(9)17/h1-3,10,13,15-17H,4-8H2/t10-/m1/s1. The number of aliphatic hydroxyl groups excluding tert-OH is 1. The zero-order valence-corrected chi connectivity index (χ0v) is 9.63. The fraction of sp³-hybridized carbons (Fsp3) is 0.500. The number of nitrogens with zero attached hydrogens (tertiary/aromatic N) is 1. The Morgan fingerprint density at radius 2 is 1.94 bits per heavy atom. The van der Waals surface area contributed by atoms with Crippen LogP contribution < -0.4 is 5.32 Å². The van der Waals surface area contributed by atoms with Crippen LogP contribution in [0.4, 0.5) is 0 Å². The summed E-state index contributed by atoms with van der Waals surface area (Å²) in [5.41, 5.74) is 0.578. The van der Waals surface area contributed by atoms with Crippen molar-refractivity contribution in [1.29, 1.82) is 0 Å². The van der Waals surface area contributed by atoms with Gasteiger partial charge in [-0.15, -0.1) is 0 Å². The van der Waals surface area contributed by atoms with E-state index in [9.17, 15) is 15.3 Å². The summed E-state index contributed by atoms with van der Waals surface area (Å²) in [5.74, 6) is -0.277. The number of aliphatic hydroxyl groups is 1. The number of rotatable bonds is 3. The summed E-state index contributed by atoms with van der Waals surface area (Å²) in [5, 5.41) is 32.0. The maximum Gasteiger partial charge on any atom is 0.162 e. The molecule has 1 atom stereocenters. The molecule has 1 fully saturated rings. The molecule has 0 radical (unpaired) electrons. The number of para-hydroxylation sites is 1. The molecule has 1 saturated heterocycles. The molecule has 0 aromatic heterocycles. The lowest BCUT2D eigenvalue weighted by Gasteiger charge is -2.34. The molecule has 0 saturated carbocycles. The van der Waals surface area contributed by atoms with Crippen molar-refractivity contribution in [2.24, 2.45) is 0 Å². The second-order valence-corrected chi connectivity index (χ2v) is 4.20. The number of aromatic hydroxyl groups is 2. The molecule has 94 valence electrons. The molecule has 0 spiro atoms. The van der Waals surface area contributed by atoms with Crippen LogP contribution in [-0.4, -0.2) is 53.0 Å². The number of nitrogens with one attached hydrogen (secondary N) is 1. The predicted octanol–water partition coefficient (Wildman–Crippen LogP) is 0.0364. The number of piperazine rings is 1. The van der Waals surface area contributed by atoms with E-state index in [0.717, 1.165) is 26.2 Å². The van der Waals surface area contributed by atoms with Crippen molar-refractivity contribution in [3.8, 4) is 11.5 Å². The van der Waals surface area contributed by atoms with Crippen LogP contribution in [0, 0.1) is 0 Å². The van der Waals surface area contributed by atoms with Gasteiger partial charge in [-0.2, -0.15) is 0 Å². The lowest BCUT2D eigenvalue weighted by atomic mass is 10.0. The number of hydrogen-bond donors (Lipinski definition) is 4. The third-order valence-corrected chi connectivity index (χ3v) is 3.17. The second-order valence-electron chi connectivity index (χ2n) is 4.20. The summed E-state index contributed by atoms with van der Waals surface area (Å²) in [4.78, 5) is 2.10. The first-order chi connectivity index (χ1) is 8.24. The molecule has 1 aliphatic rings. The quantitative estimate of drug-likeness (QED) is 0.559. The number of phenols is 2. The normalized spacial score (nSPS) is 19.1. The first-order valence-electron chi connectivity index (χ1n) is 5.80. The average Bonchev–Trinajstić information content (AvgIpc) is 2.37. The maximum atomic E-state index is 9.83. The Balaban J connectivity index is 2.24. The number of benzene rings is 1. The van der Waals surface area contributed by atoms with Gasteiger partial charge < -0.3 is 20.6 Å². The summed E-state index contributed by atoms with van der Waals surface area (Å²) in [6, 6.07) is 4.59. The highest BCUT2D eigenvalue weighted by molar-refractivity contribution is 5.46. The van der Waals surface area contributed by atoms with Crippen molar-refractivity contribution in [2.75, 3.05) is 32.8 Å². The van der Waals surface area contributed by atoms with Crippen LogP contribution in [-0.2, 0) is 0 Å². The Morgan fingerprint density at radius 1 is 1.24 bits per heavy atom. The van der Waals surface area contributed by atoms with Gasteiger partial charge >= 0.3 is 0 Å². The van der Waals surface area contributed by atoms with Gasteiger partial charge in [0, 0.05) is 31.7 Å². The van der Waals surface area contributed by atoms with Crippen LogP contribution in [0.1, 0.15) is 11.6 Å². The molecule has 5 nitrogen and oxygen atoms in total. The molecule has 1 aliphatic heterocycles. The van der Waals surface area contributed by atoms with Crippen molar-refractivity contribution < 1.29 is 15.3 Å². The van der Waals surface area contributed by atoms with Crippen molar-refractivity contribution in [3.05, 3.63) is 23.8 Å². The smallest absolute Gasteiger partial charge is 0.162 e. The minimum absolute atomic E-state index is 0.0724. The van der Waals surface area contributed by atoms with Gasteiger partial charge in [0.2, 0.25) is 0 Å². The highest BCUT2D eigenvalue weighted by Crippen LogP contribution is 2.34. The minimum atomic E-state index is -0.260. The summed E-state index contributed by atoms with van der Waals surface area (Å²) in [6.07, 6.45) is 0. The van der Waals surface area contributed by atoms with E-state index >= 15 is 0 Å². The first kappa shape index (κ1) is 12.2. The summed E-state index contributed by atoms with van der Waals surface area (Å²) in [6.45, 7) is 3.31. The first-order valence-corrected chi connectivity index (χ1v) is 5.80. The third kappa shape index (κ3) is 2.52. The molecule has 1 heterocycles. The van der Waals surface area contributed by atoms with Gasteiger partial charge in [-0.05, 0) is 6.07 Å². The topological polar surface area (TPSA) is 76.0 Å². The Bertz CT molecular complexity index is 378. The van der Waals surface area contributed by atoms with Crippen molar-refractivity contribution in [1.82, 2.24) is 10.2 Å². The highest BCUT2D eigenvalue weighted by atomic mass is 16.3. The monoisotopic (exact) mass is 238 g/mol. The Morgan fingerprint density at radius 3 is 2.59 bits per heavy atom. The van der Waals surface area contributed by atoms with E-state index in [4.69, 9.17) is 0 Å². The lowest BCUT2D eigenvalue weighted by Crippen LogP contribution is -2.46. The van der Waals surface area contributed by atoms with Crippen LogP contribution >= 0.6 is 0 Å². The van der Waals surface area contributed by atoms with Crippen LogP contribution in [0.5, 0.6) is 11.5 Å². The van der Waals surface area contributed by atoms with E-state index in [0.29, 0.717) is 5.56 Å². The van der Waals surface area contributed by atoms with Gasteiger partial charge in [0.1, 0.15) is 0 Å². The van der Waals surface area contributed by atoms with Gasteiger partial charge in [-0.25, -0.2) is 0 Å². The molecular weight excluding hydrogens is 220 g/mol. The molecule has 4 N–H and O–H groups in total. The zero-order valence-electron chi connectivity index (χ0n) is 9.63. The largest absolute Gasteiger partial charge is 0.504 e. The summed E-state index contributed by atoms with van der Waals surface area (Å²) in [7, 11) is 0. The molecule has 2 rings (SSSR count). The van der Waals surface area contributed by atoms with E-state index in [2.05, 4.69) is 10.2 Å². The van der Waals surface area contributed by atoms with Crippen molar-refractivity contribution >= 4 is 0 Å². The van der Waals surface area contributed by atoms with E-state index < -0.39 is 0 Å². The number of phenolic OH excluding ortho intramolecular Hbond substituents is 2. The van der Waals surface area contributed by atoms with E-state index in [1.165, 1.54) is 6.07 Å². The van der Waals surface area contributed by atoms with E-state index in [1.807, 2.05) is 0 Å². The Hall–Kier alpha value is -1.30. The summed E-state index contributed by atoms with van der Waals surface area (Å²) >= 11 is 0. The van der Waals surface area contributed by atoms with Crippen LogP contribution in [0.25, 0.3) is 0 Å². The Labute approximate surface area is 100 Å². The predicted molar refractivity (Wildman–Crippen MR) is 64.0 cm³/mol. The van der Waals surface area contributed by atoms with Gasteiger partial charge in [0.15, 0.2) is 11.5 Å². The molecule has 0 amide bonds. The van der Waals surface area contributed by atoms with Crippen LogP contribution in [0.15, 0.2) is 18.2 Å². The SMILES string of the molecule is OC[C@H](c1cccc(O)c1O)N1CCNCC1. The van der Waals surface area contributed by atoms with E-state index in [1.54, 1.807) is 12.1 Å². The van der Waals surface area contributed by atoms with Gasteiger partial charge in [-0.1, -0.05) is 12.1 Å². The lowest BCUT2D eigenvalue weighted by molar-refractivity contribution is 0.108. The summed E-state index contributed by atoms with van der Waals surface area (Å²) < 4.78 is 0. The van der Waals surface area contributed by atoms with Crippen LogP contribution in [0.2, 0.25) is 0 Å². The van der Waals surface area contributed by atoms with Crippen molar-refractivity contribution in [3.63, 3.8) is 0 Å². The van der Waals surface area contributed by atoms with Gasteiger partial charge in [0.05, 0.1) is 12.6 Å². The van der Waals surface area contributed by atoms with Gasteiger partial charge in [0.25, 0.3) is 0 Å². The molecule has 1 aromatic rings. The maximum absolute atomic E-state index is 9.83. The van der Waals surface area contributed by atoms with Crippen molar-refractivity contribution in [2.45, 2.75) is 6.04 Å². The molecule has 0 unspecified atom stereocenters. The molecule has 5 heteroatoms. The third-order valence-electron chi connectivity index (χ3n) is 3.17. The van der Waals surface area contributed by atoms with Gasteiger partial charge in [-0.3, -0.25) is 4.90 Å². The Kier molecular flexibility index (Phi) is 3.83. The fourth-order valence-corrected chi connectivity index (χ4v) is 2.22. The molecule has 1 aromatic carbocycles. The average molecular weight is 238 g/mol. The van der Waals surface area contributed by atoms with E-state index in [-0.39, 0.29) is 24.1 Å². The molecular formula is C12H18N2O3. The molecule has 0 bridgehead atoms. The number of hydrogen-bond acceptors (Lipinski definition) is 5. The zero-order chi connectivity index (χ0) is 12.3. The van der Waals surface area contributed by atoms with Crippen LogP contribution in [0.3, 0.4) is 0 Å². The fourth-order valence-electron chi connectivity index (χ4n) is 2.22. The molecule has 17 heavy (non-hydrogen) atoms.